The average Bonchev–Trinajstić information content (AvgIpc) is 2.81. The van der Waals surface area contributed by atoms with Gasteiger partial charge in [0.15, 0.2) is 5.43 Å². The molecule has 0 saturated carbocycles. The van der Waals surface area contributed by atoms with Crippen LogP contribution in [-0.4, -0.2) is 11.1 Å². The van der Waals surface area contributed by atoms with Gasteiger partial charge in [-0.05, 0) is 31.9 Å². The van der Waals surface area contributed by atoms with Crippen molar-refractivity contribution in [2.24, 2.45) is 0 Å². The van der Waals surface area contributed by atoms with Gasteiger partial charge >= 0.3 is 0 Å². The number of aryl methyl sites for hydroxylation is 1. The van der Waals surface area contributed by atoms with Gasteiger partial charge in [0.2, 0.25) is 0 Å². The summed E-state index contributed by atoms with van der Waals surface area (Å²) in [4.78, 5) is 12.6. The summed E-state index contributed by atoms with van der Waals surface area (Å²) in [6, 6.07) is 6.22. The summed E-state index contributed by atoms with van der Waals surface area (Å²) >= 11 is 0. The Kier molecular flexibility index (Phi) is 1.98. The number of nitrogens with one attached hydrogen (secondary N) is 1. The number of hydrogen-bond acceptors (Lipinski definition) is 2. The smallest absolute Gasteiger partial charge is 0.192 e. The highest BCUT2D eigenvalue weighted by molar-refractivity contribution is 5.81. The van der Waals surface area contributed by atoms with Gasteiger partial charge in [-0.1, -0.05) is 11.6 Å². The second-order valence-corrected chi connectivity index (χ2v) is 5.49. The predicted octanol–water partition coefficient (Wildman–Crippen LogP) is 1.90. The normalized spacial score (nSPS) is 21.3. The maximum atomic E-state index is 12.6. The summed E-state index contributed by atoms with van der Waals surface area (Å²) < 4.78 is 2.31. The van der Waals surface area contributed by atoms with Crippen LogP contribution in [0.25, 0.3) is 10.9 Å². The van der Waals surface area contributed by atoms with Gasteiger partial charge in [0.05, 0.1) is 12.2 Å². The molecule has 0 bridgehead atoms. The van der Waals surface area contributed by atoms with Gasteiger partial charge in [0.25, 0.3) is 0 Å². The number of fused-ring (bicyclic) bond motifs is 2. The van der Waals surface area contributed by atoms with Crippen molar-refractivity contribution in [2.75, 3.05) is 6.54 Å². The van der Waals surface area contributed by atoms with Crippen molar-refractivity contribution < 1.29 is 0 Å². The Morgan fingerprint density at radius 3 is 3.17 bits per heavy atom. The molecule has 2 aliphatic rings. The van der Waals surface area contributed by atoms with Gasteiger partial charge in [-0.2, -0.15) is 0 Å². The van der Waals surface area contributed by atoms with Crippen molar-refractivity contribution in [3.8, 4) is 0 Å². The molecule has 0 saturated heterocycles. The third-order valence-electron chi connectivity index (χ3n) is 4.35. The molecular formula is C15H16N2O. The zero-order chi connectivity index (χ0) is 12.3. The molecule has 0 spiro atoms. The fourth-order valence-corrected chi connectivity index (χ4v) is 3.52. The molecule has 1 aromatic heterocycles. The molecule has 1 aliphatic heterocycles. The van der Waals surface area contributed by atoms with E-state index in [-0.39, 0.29) is 5.43 Å². The number of aromatic nitrogens is 1. The first kappa shape index (κ1) is 10.3. The zero-order valence-corrected chi connectivity index (χ0v) is 10.5. The Balaban J connectivity index is 2.20. The SMILES string of the molecule is Cc1ccc2c(c1)c(=O)c1c3n2CNC[C@@H]3CC1. The first-order chi connectivity index (χ1) is 8.75. The van der Waals surface area contributed by atoms with Crippen LogP contribution in [0, 0.1) is 6.92 Å². The standard InChI is InChI=1S/C15H16N2O/c1-9-2-5-13-12(6-9)15(18)11-4-3-10-7-16-8-17(13)14(10)11/h2,5-6,10,16H,3-4,7-8H2,1H3/t10-/m0/s1. The maximum Gasteiger partial charge on any atom is 0.192 e. The van der Waals surface area contributed by atoms with Gasteiger partial charge in [-0.3, -0.25) is 10.1 Å². The van der Waals surface area contributed by atoms with E-state index in [4.69, 9.17) is 0 Å². The molecule has 4 rings (SSSR count). The van der Waals surface area contributed by atoms with Crippen LogP contribution >= 0.6 is 0 Å². The lowest BCUT2D eigenvalue weighted by molar-refractivity contribution is 0.444. The Morgan fingerprint density at radius 2 is 2.28 bits per heavy atom. The molecule has 3 nitrogen and oxygen atoms in total. The van der Waals surface area contributed by atoms with Crippen LogP contribution in [0.5, 0.6) is 0 Å². The number of rotatable bonds is 0. The van der Waals surface area contributed by atoms with Crippen molar-refractivity contribution in [3.05, 3.63) is 45.2 Å². The maximum absolute atomic E-state index is 12.6. The van der Waals surface area contributed by atoms with E-state index in [0.29, 0.717) is 5.92 Å². The number of benzene rings is 1. The average molecular weight is 240 g/mol. The lowest BCUT2D eigenvalue weighted by Crippen LogP contribution is -2.33. The van der Waals surface area contributed by atoms with E-state index in [1.165, 1.54) is 5.69 Å². The van der Waals surface area contributed by atoms with Gasteiger partial charge in [0, 0.05) is 29.1 Å². The fraction of sp³-hybridized carbons (Fsp3) is 0.400. The minimum absolute atomic E-state index is 0.268. The number of nitrogens with zero attached hydrogens (tertiary/aromatic N) is 1. The molecule has 0 radical (unpaired) electrons. The monoisotopic (exact) mass is 240 g/mol. The Hall–Kier alpha value is -1.61. The highest BCUT2D eigenvalue weighted by atomic mass is 16.1. The van der Waals surface area contributed by atoms with Crippen LogP contribution in [0.2, 0.25) is 0 Å². The first-order valence-corrected chi connectivity index (χ1v) is 6.62. The number of hydrogen-bond donors (Lipinski definition) is 1. The Bertz CT molecular complexity index is 714. The molecule has 92 valence electrons. The second-order valence-electron chi connectivity index (χ2n) is 5.49. The van der Waals surface area contributed by atoms with Crippen LogP contribution in [0.1, 0.15) is 29.2 Å². The number of pyridine rings is 1. The minimum Gasteiger partial charge on any atom is -0.330 e. The third-order valence-corrected chi connectivity index (χ3v) is 4.35. The summed E-state index contributed by atoms with van der Waals surface area (Å²) in [5.41, 5.74) is 4.88. The van der Waals surface area contributed by atoms with Crippen LogP contribution < -0.4 is 10.7 Å². The third kappa shape index (κ3) is 1.20. The molecule has 0 fully saturated rings. The molecular weight excluding hydrogens is 224 g/mol. The lowest BCUT2D eigenvalue weighted by atomic mass is 10.0. The van der Waals surface area contributed by atoms with Crippen LogP contribution in [0.3, 0.4) is 0 Å². The van der Waals surface area contributed by atoms with E-state index in [1.54, 1.807) is 0 Å². The molecule has 1 N–H and O–H groups in total. The second kappa shape index (κ2) is 3.45. The van der Waals surface area contributed by atoms with E-state index >= 15 is 0 Å². The highest BCUT2D eigenvalue weighted by Gasteiger charge is 2.31. The lowest BCUT2D eigenvalue weighted by Gasteiger charge is -2.27. The zero-order valence-electron chi connectivity index (χ0n) is 10.5. The van der Waals surface area contributed by atoms with Crippen LogP contribution in [0.15, 0.2) is 23.0 Å². The molecule has 0 unspecified atom stereocenters. The summed E-state index contributed by atoms with van der Waals surface area (Å²) in [5, 5.41) is 4.35. The van der Waals surface area contributed by atoms with Crippen molar-refractivity contribution in [1.29, 1.82) is 0 Å². The molecule has 0 amide bonds. The van der Waals surface area contributed by atoms with Crippen LogP contribution in [0.4, 0.5) is 0 Å². The predicted molar refractivity (Wildman–Crippen MR) is 72.0 cm³/mol. The van der Waals surface area contributed by atoms with E-state index in [0.717, 1.165) is 48.1 Å². The van der Waals surface area contributed by atoms with Gasteiger partial charge in [-0.15, -0.1) is 0 Å². The van der Waals surface area contributed by atoms with Crippen LogP contribution in [-0.2, 0) is 13.1 Å². The van der Waals surface area contributed by atoms with Crippen molar-refractivity contribution in [3.63, 3.8) is 0 Å². The Morgan fingerprint density at radius 1 is 1.39 bits per heavy atom. The molecule has 18 heavy (non-hydrogen) atoms. The quantitative estimate of drug-likeness (QED) is 0.763. The topological polar surface area (TPSA) is 34.0 Å². The minimum atomic E-state index is 0.268. The molecule has 3 heteroatoms. The fourth-order valence-electron chi connectivity index (χ4n) is 3.52. The van der Waals surface area contributed by atoms with Gasteiger partial charge in [-0.25, -0.2) is 0 Å². The molecule has 1 aliphatic carbocycles. The highest BCUT2D eigenvalue weighted by Crippen LogP contribution is 2.34. The summed E-state index contributed by atoms with van der Waals surface area (Å²) in [6.45, 7) is 3.89. The summed E-state index contributed by atoms with van der Waals surface area (Å²) in [7, 11) is 0. The van der Waals surface area contributed by atoms with E-state index in [1.807, 2.05) is 13.0 Å². The molecule has 2 heterocycles. The van der Waals surface area contributed by atoms with Gasteiger partial charge in [0.1, 0.15) is 0 Å². The summed E-state index contributed by atoms with van der Waals surface area (Å²) in [6.07, 6.45) is 2.07. The van der Waals surface area contributed by atoms with E-state index in [9.17, 15) is 4.79 Å². The Labute approximate surface area is 105 Å². The van der Waals surface area contributed by atoms with Gasteiger partial charge < -0.3 is 4.57 Å². The largest absolute Gasteiger partial charge is 0.330 e. The first-order valence-electron chi connectivity index (χ1n) is 6.62. The van der Waals surface area contributed by atoms with E-state index in [2.05, 4.69) is 22.0 Å². The molecule has 1 aromatic carbocycles. The van der Waals surface area contributed by atoms with Crippen molar-refractivity contribution >= 4 is 10.9 Å². The van der Waals surface area contributed by atoms with Crippen molar-refractivity contribution in [2.45, 2.75) is 32.4 Å². The van der Waals surface area contributed by atoms with Crippen molar-refractivity contribution in [1.82, 2.24) is 9.88 Å². The van der Waals surface area contributed by atoms with E-state index < -0.39 is 0 Å². The molecule has 1 atom stereocenters. The summed E-state index contributed by atoms with van der Waals surface area (Å²) in [5.74, 6) is 0.534. The molecule has 2 aromatic rings.